The predicted octanol–water partition coefficient (Wildman–Crippen LogP) is 2.00. The van der Waals surface area contributed by atoms with Crippen LogP contribution in [0.4, 0.5) is 4.39 Å². The molecule has 6 nitrogen and oxygen atoms in total. The summed E-state index contributed by atoms with van der Waals surface area (Å²) in [7, 11) is 1.31. The molecule has 3 aromatic rings. The second kappa shape index (κ2) is 6.63. The Morgan fingerprint density at radius 3 is 2.73 bits per heavy atom. The van der Waals surface area contributed by atoms with E-state index >= 15 is 0 Å². The number of thiazole rings is 1. The maximum atomic E-state index is 13.4. The van der Waals surface area contributed by atoms with Crippen molar-refractivity contribution in [2.45, 2.75) is 18.7 Å². The van der Waals surface area contributed by atoms with E-state index < -0.39 is 23.7 Å². The maximum absolute atomic E-state index is 13.4. The third-order valence-corrected chi connectivity index (χ3v) is 6.49. The van der Waals surface area contributed by atoms with Crippen molar-refractivity contribution < 1.29 is 18.7 Å². The van der Waals surface area contributed by atoms with Gasteiger partial charge < -0.3 is 9.47 Å². The minimum atomic E-state index is -1.20. The second-order valence-electron chi connectivity index (χ2n) is 7.37. The maximum Gasteiger partial charge on any atom is 0.317 e. The Bertz CT molecular complexity index is 1340. The topological polar surface area (TPSA) is 69.9 Å². The molecular weight excluding hydrogens is 407 g/mol. The van der Waals surface area contributed by atoms with Crippen LogP contribution in [0, 0.1) is 11.7 Å². The molecule has 1 aromatic heterocycles. The number of benzene rings is 2. The van der Waals surface area contributed by atoms with Gasteiger partial charge >= 0.3 is 5.97 Å². The molecule has 2 bridgehead atoms. The Hall–Kier alpha value is -3.26. The Labute approximate surface area is 174 Å². The van der Waals surface area contributed by atoms with Crippen molar-refractivity contribution in [2.75, 3.05) is 7.11 Å². The third-order valence-electron chi connectivity index (χ3n) is 5.50. The fourth-order valence-corrected chi connectivity index (χ4v) is 5.24. The Morgan fingerprint density at radius 2 is 2.00 bits per heavy atom. The molecule has 0 unspecified atom stereocenters. The molecule has 0 saturated carbocycles. The second-order valence-corrected chi connectivity index (χ2v) is 8.38. The van der Waals surface area contributed by atoms with Crippen molar-refractivity contribution >= 4 is 23.4 Å². The number of hydrogen-bond donors (Lipinski definition) is 0. The molecule has 0 amide bonds. The Kier molecular flexibility index (Phi) is 4.14. The van der Waals surface area contributed by atoms with Gasteiger partial charge in [0.25, 0.3) is 5.56 Å². The molecule has 2 aliphatic rings. The number of carbonyl (C=O) groups excluding carboxylic acids is 1. The van der Waals surface area contributed by atoms with Gasteiger partial charge in [-0.3, -0.25) is 14.2 Å². The van der Waals surface area contributed by atoms with Crippen molar-refractivity contribution in [3.8, 4) is 5.75 Å². The first-order valence-electron chi connectivity index (χ1n) is 9.35. The monoisotopic (exact) mass is 424 g/mol. The number of para-hydroxylation sites is 1. The number of hydrogen-bond acceptors (Lipinski definition) is 6. The van der Waals surface area contributed by atoms with Crippen molar-refractivity contribution in [1.82, 2.24) is 4.57 Å². The number of halogens is 1. The molecule has 0 spiro atoms. The zero-order valence-electron chi connectivity index (χ0n) is 16.2. The van der Waals surface area contributed by atoms with Gasteiger partial charge in [-0.15, -0.1) is 0 Å². The van der Waals surface area contributed by atoms with Gasteiger partial charge in [0.1, 0.15) is 17.5 Å². The lowest BCUT2D eigenvalue weighted by Gasteiger charge is -2.44. The molecule has 2 aliphatic heterocycles. The number of methoxy groups -OCH3 is 1. The summed E-state index contributed by atoms with van der Waals surface area (Å²) in [6.07, 6.45) is 1.69. The highest BCUT2D eigenvalue weighted by molar-refractivity contribution is 7.07. The zero-order chi connectivity index (χ0) is 21.0. The SMILES string of the molecule is COC(=O)[C@H]1[C@H]2c3ccccc3O[C@]1(C)N=c1s/c(=C/c3ccc(F)cc3)c(=O)n12. The van der Waals surface area contributed by atoms with Crippen molar-refractivity contribution in [2.24, 2.45) is 10.9 Å². The summed E-state index contributed by atoms with van der Waals surface area (Å²) in [5.74, 6) is -1.06. The van der Waals surface area contributed by atoms with Crippen LogP contribution < -0.4 is 19.6 Å². The fraction of sp³-hybridized carbons (Fsp3) is 0.227. The molecule has 8 heteroatoms. The number of esters is 1. The van der Waals surface area contributed by atoms with Gasteiger partial charge in [0, 0.05) is 5.56 Å². The first-order valence-corrected chi connectivity index (χ1v) is 10.2. The lowest BCUT2D eigenvalue weighted by molar-refractivity contribution is -0.158. The van der Waals surface area contributed by atoms with Crippen LogP contribution in [0.15, 0.2) is 58.3 Å². The highest BCUT2D eigenvalue weighted by Crippen LogP contribution is 2.47. The number of nitrogens with zero attached hydrogens (tertiary/aromatic N) is 2. The summed E-state index contributed by atoms with van der Waals surface area (Å²) < 4.78 is 26.4. The Morgan fingerprint density at radius 1 is 1.27 bits per heavy atom. The van der Waals surface area contributed by atoms with Crippen LogP contribution in [-0.2, 0) is 9.53 Å². The van der Waals surface area contributed by atoms with Crippen LogP contribution in [0.3, 0.4) is 0 Å². The van der Waals surface area contributed by atoms with Crippen LogP contribution in [0.2, 0.25) is 0 Å². The third kappa shape index (κ3) is 2.71. The summed E-state index contributed by atoms with van der Waals surface area (Å²) in [5, 5.41) is 0. The smallest absolute Gasteiger partial charge is 0.317 e. The molecule has 30 heavy (non-hydrogen) atoms. The van der Waals surface area contributed by atoms with Crippen molar-refractivity contribution in [3.63, 3.8) is 0 Å². The normalized spacial score (nSPS) is 24.3. The highest BCUT2D eigenvalue weighted by atomic mass is 32.1. The van der Waals surface area contributed by atoms with E-state index in [9.17, 15) is 14.0 Å². The molecule has 2 aromatic carbocycles. The molecule has 3 atom stereocenters. The van der Waals surface area contributed by atoms with Crippen LogP contribution in [0.5, 0.6) is 5.75 Å². The van der Waals surface area contributed by atoms with E-state index in [0.29, 0.717) is 20.6 Å². The quantitative estimate of drug-likeness (QED) is 0.590. The van der Waals surface area contributed by atoms with E-state index in [-0.39, 0.29) is 11.4 Å². The molecule has 0 radical (unpaired) electrons. The molecule has 0 fully saturated rings. The van der Waals surface area contributed by atoms with E-state index in [1.165, 1.54) is 30.6 Å². The lowest BCUT2D eigenvalue weighted by Crippen LogP contribution is -2.58. The average molecular weight is 424 g/mol. The largest absolute Gasteiger partial charge is 0.469 e. The van der Waals surface area contributed by atoms with E-state index in [1.807, 2.05) is 18.2 Å². The lowest BCUT2D eigenvalue weighted by atomic mass is 9.81. The minimum Gasteiger partial charge on any atom is -0.469 e. The summed E-state index contributed by atoms with van der Waals surface area (Å²) in [5.41, 5.74) is -0.0326. The van der Waals surface area contributed by atoms with Gasteiger partial charge in [-0.1, -0.05) is 41.7 Å². The first kappa shape index (κ1) is 18.7. The summed E-state index contributed by atoms with van der Waals surface area (Å²) in [6.45, 7) is 1.73. The van der Waals surface area contributed by atoms with E-state index in [0.717, 1.165) is 5.56 Å². The van der Waals surface area contributed by atoms with Gasteiger partial charge in [-0.2, -0.15) is 0 Å². The molecule has 152 valence electrons. The average Bonchev–Trinajstić information content (AvgIpc) is 3.02. The number of fused-ring (bicyclic) bond motifs is 6. The van der Waals surface area contributed by atoms with Gasteiger partial charge in [0.05, 0.1) is 17.7 Å². The van der Waals surface area contributed by atoms with Crippen molar-refractivity contribution in [3.05, 3.63) is 85.2 Å². The molecule has 5 rings (SSSR count). The van der Waals surface area contributed by atoms with E-state index in [2.05, 4.69) is 4.99 Å². The van der Waals surface area contributed by atoms with Gasteiger partial charge in [0.15, 0.2) is 4.80 Å². The standard InChI is InChI=1S/C22H17FN2O4S/c1-22-17(20(27)28-2)18(14-5-3-4-6-15(14)29-22)25-19(26)16(30-21(25)24-22)11-12-7-9-13(23)10-8-12/h3-11,17-18H,1-2H3/b16-11+/t17-,18-,22+/m1/s1. The minimum absolute atomic E-state index is 0.263. The van der Waals surface area contributed by atoms with Crippen molar-refractivity contribution in [1.29, 1.82) is 0 Å². The summed E-state index contributed by atoms with van der Waals surface area (Å²) in [6, 6.07) is 12.6. The number of aromatic nitrogens is 1. The Balaban J connectivity index is 1.79. The summed E-state index contributed by atoms with van der Waals surface area (Å²) >= 11 is 1.21. The number of rotatable bonds is 2. The van der Waals surface area contributed by atoms with E-state index in [4.69, 9.17) is 9.47 Å². The van der Waals surface area contributed by atoms with Gasteiger partial charge in [-0.05, 0) is 36.8 Å². The number of carbonyl (C=O) groups is 1. The number of ether oxygens (including phenoxy) is 2. The highest BCUT2D eigenvalue weighted by Gasteiger charge is 2.55. The van der Waals surface area contributed by atoms with Crippen LogP contribution in [0.1, 0.15) is 24.1 Å². The summed E-state index contributed by atoms with van der Waals surface area (Å²) in [4.78, 5) is 31.2. The molecular formula is C22H17FN2O4S. The van der Waals surface area contributed by atoms with E-state index in [1.54, 1.807) is 35.8 Å². The first-order chi connectivity index (χ1) is 14.4. The van der Waals surface area contributed by atoms with Crippen LogP contribution in [-0.4, -0.2) is 23.4 Å². The zero-order valence-corrected chi connectivity index (χ0v) is 17.0. The molecule has 0 aliphatic carbocycles. The molecule has 3 heterocycles. The predicted molar refractivity (Wildman–Crippen MR) is 108 cm³/mol. The molecule has 0 N–H and O–H groups in total. The van der Waals surface area contributed by atoms with Crippen LogP contribution >= 0.6 is 11.3 Å². The fourth-order valence-electron chi connectivity index (χ4n) is 4.14. The van der Waals surface area contributed by atoms with Gasteiger partial charge in [0.2, 0.25) is 5.72 Å². The molecule has 0 saturated heterocycles. The van der Waals surface area contributed by atoms with Crippen LogP contribution in [0.25, 0.3) is 6.08 Å². The van der Waals surface area contributed by atoms with Gasteiger partial charge in [-0.25, -0.2) is 9.38 Å².